The first-order valence-corrected chi connectivity index (χ1v) is 8.51. The molecule has 0 spiro atoms. The molecule has 0 aromatic carbocycles. The zero-order chi connectivity index (χ0) is 12.2. The van der Waals surface area contributed by atoms with Crippen LogP contribution >= 0.6 is 0 Å². The number of hydrogen-bond acceptors (Lipinski definition) is 1. The highest BCUT2D eigenvalue weighted by molar-refractivity contribution is 5.07. The maximum atomic E-state index is 3.70. The Morgan fingerprint density at radius 3 is 2.00 bits per heavy atom. The minimum Gasteiger partial charge on any atom is -0.316 e. The Labute approximate surface area is 112 Å². The lowest BCUT2D eigenvalue weighted by Gasteiger charge is -2.62. The van der Waals surface area contributed by atoms with Gasteiger partial charge in [0.05, 0.1) is 0 Å². The van der Waals surface area contributed by atoms with Crippen LogP contribution in [0.25, 0.3) is 0 Å². The van der Waals surface area contributed by atoms with E-state index < -0.39 is 0 Å². The molecule has 5 fully saturated rings. The molecule has 5 aliphatic carbocycles. The van der Waals surface area contributed by atoms with Gasteiger partial charge in [0.1, 0.15) is 0 Å². The fourth-order valence-electron chi connectivity index (χ4n) is 6.56. The van der Waals surface area contributed by atoms with E-state index >= 15 is 0 Å². The van der Waals surface area contributed by atoms with Crippen LogP contribution in [-0.2, 0) is 0 Å². The molecule has 1 heteroatoms. The molecule has 0 heterocycles. The third kappa shape index (κ3) is 1.62. The van der Waals surface area contributed by atoms with E-state index in [0.29, 0.717) is 0 Å². The highest BCUT2D eigenvalue weighted by Gasteiger charge is 2.56. The zero-order valence-electron chi connectivity index (χ0n) is 12.0. The van der Waals surface area contributed by atoms with Crippen molar-refractivity contribution in [1.29, 1.82) is 0 Å². The van der Waals surface area contributed by atoms with Crippen molar-refractivity contribution < 1.29 is 0 Å². The molecule has 0 atom stereocenters. The quantitative estimate of drug-likeness (QED) is 0.796. The maximum Gasteiger partial charge on any atom is 0.00106 e. The van der Waals surface area contributed by atoms with Crippen LogP contribution in [0.5, 0.6) is 0 Å². The standard InChI is InChI=1S/C17H29N/c1-2-18-11-17(4-3-5-17)16-14-7-12-6-13(9-14)10-15(16)8-12/h12-16,18H,2-11H2,1H3. The molecule has 0 aliphatic heterocycles. The van der Waals surface area contributed by atoms with E-state index in [4.69, 9.17) is 0 Å². The first-order chi connectivity index (χ1) is 8.81. The normalized spacial score (nSPS) is 48.2. The molecule has 1 nitrogen and oxygen atoms in total. The summed E-state index contributed by atoms with van der Waals surface area (Å²) >= 11 is 0. The van der Waals surface area contributed by atoms with Crippen molar-refractivity contribution >= 4 is 0 Å². The molecular formula is C17H29N. The van der Waals surface area contributed by atoms with Crippen LogP contribution in [0.15, 0.2) is 0 Å². The van der Waals surface area contributed by atoms with E-state index in [2.05, 4.69) is 12.2 Å². The molecule has 5 aliphatic rings. The SMILES string of the molecule is CCNCC1(C2C3CC4CC(C3)CC2C4)CCC1. The van der Waals surface area contributed by atoms with Gasteiger partial charge in [0.25, 0.3) is 0 Å². The second-order valence-electron chi connectivity index (χ2n) is 7.95. The molecule has 0 amide bonds. The summed E-state index contributed by atoms with van der Waals surface area (Å²) in [6.45, 7) is 4.76. The first kappa shape index (κ1) is 11.8. The molecule has 0 saturated heterocycles. The van der Waals surface area contributed by atoms with E-state index in [-0.39, 0.29) is 0 Å². The predicted molar refractivity (Wildman–Crippen MR) is 75.4 cm³/mol. The zero-order valence-corrected chi connectivity index (χ0v) is 12.0. The molecule has 0 aromatic rings. The van der Waals surface area contributed by atoms with Gasteiger partial charge in [-0.2, -0.15) is 0 Å². The fraction of sp³-hybridized carbons (Fsp3) is 1.00. The predicted octanol–water partition coefficient (Wildman–Crippen LogP) is 3.84. The monoisotopic (exact) mass is 247 g/mol. The van der Waals surface area contributed by atoms with E-state index in [9.17, 15) is 0 Å². The molecule has 1 N–H and O–H groups in total. The van der Waals surface area contributed by atoms with Crippen LogP contribution in [0, 0.1) is 35.0 Å². The van der Waals surface area contributed by atoms with E-state index in [1.165, 1.54) is 25.8 Å². The van der Waals surface area contributed by atoms with Gasteiger partial charge in [-0.3, -0.25) is 0 Å². The smallest absolute Gasteiger partial charge is 0.00106 e. The van der Waals surface area contributed by atoms with Crippen molar-refractivity contribution in [2.24, 2.45) is 35.0 Å². The van der Waals surface area contributed by atoms with Crippen LogP contribution in [0.2, 0.25) is 0 Å². The van der Waals surface area contributed by atoms with Crippen LogP contribution in [0.1, 0.15) is 58.3 Å². The van der Waals surface area contributed by atoms with Gasteiger partial charge in [-0.1, -0.05) is 13.3 Å². The Balaban J connectivity index is 1.56. The molecule has 18 heavy (non-hydrogen) atoms. The first-order valence-electron chi connectivity index (χ1n) is 8.51. The van der Waals surface area contributed by atoms with Gasteiger partial charge in [-0.05, 0) is 86.5 Å². The summed E-state index contributed by atoms with van der Waals surface area (Å²) < 4.78 is 0. The Morgan fingerprint density at radius 1 is 0.944 bits per heavy atom. The average molecular weight is 247 g/mol. The van der Waals surface area contributed by atoms with Crippen LogP contribution in [0.3, 0.4) is 0 Å². The third-order valence-corrected chi connectivity index (χ3v) is 7.01. The summed E-state index contributed by atoms with van der Waals surface area (Å²) in [6, 6.07) is 0. The minimum atomic E-state index is 0.735. The summed E-state index contributed by atoms with van der Waals surface area (Å²) in [4.78, 5) is 0. The van der Waals surface area contributed by atoms with Crippen molar-refractivity contribution in [1.82, 2.24) is 5.32 Å². The highest BCUT2D eigenvalue weighted by Crippen LogP contribution is 2.64. The van der Waals surface area contributed by atoms with Gasteiger partial charge in [0, 0.05) is 6.54 Å². The van der Waals surface area contributed by atoms with E-state index in [1.54, 1.807) is 32.1 Å². The Bertz CT molecular complexity index is 290. The largest absolute Gasteiger partial charge is 0.316 e. The number of rotatable bonds is 4. The second-order valence-corrected chi connectivity index (χ2v) is 7.95. The molecule has 0 radical (unpaired) electrons. The molecular weight excluding hydrogens is 218 g/mol. The van der Waals surface area contributed by atoms with Crippen LogP contribution in [-0.4, -0.2) is 13.1 Å². The van der Waals surface area contributed by atoms with Crippen molar-refractivity contribution in [3.05, 3.63) is 0 Å². The third-order valence-electron chi connectivity index (χ3n) is 7.01. The van der Waals surface area contributed by atoms with Gasteiger partial charge in [-0.25, -0.2) is 0 Å². The van der Waals surface area contributed by atoms with Crippen molar-refractivity contribution in [3.63, 3.8) is 0 Å². The molecule has 5 saturated carbocycles. The summed E-state index contributed by atoms with van der Waals surface area (Å²) in [6.07, 6.45) is 12.6. The topological polar surface area (TPSA) is 12.0 Å². The Kier molecular flexibility index (Phi) is 2.76. The summed E-state index contributed by atoms with van der Waals surface area (Å²) in [7, 11) is 0. The fourth-order valence-corrected chi connectivity index (χ4v) is 6.56. The highest BCUT2D eigenvalue weighted by atomic mass is 14.9. The van der Waals surface area contributed by atoms with Gasteiger partial charge in [0.15, 0.2) is 0 Å². The molecule has 102 valence electrons. The lowest BCUT2D eigenvalue weighted by Crippen LogP contribution is -2.57. The maximum absolute atomic E-state index is 3.70. The Morgan fingerprint density at radius 2 is 1.56 bits per heavy atom. The molecule has 4 bridgehead atoms. The van der Waals surface area contributed by atoms with Crippen molar-refractivity contribution in [3.8, 4) is 0 Å². The van der Waals surface area contributed by atoms with Gasteiger partial charge in [0.2, 0.25) is 0 Å². The molecule has 0 unspecified atom stereocenters. The Hall–Kier alpha value is -0.0400. The average Bonchev–Trinajstić information content (AvgIpc) is 2.29. The van der Waals surface area contributed by atoms with Crippen LogP contribution in [0.4, 0.5) is 0 Å². The molecule has 5 rings (SSSR count). The van der Waals surface area contributed by atoms with Gasteiger partial charge < -0.3 is 5.32 Å². The summed E-state index contributed by atoms with van der Waals surface area (Å²) in [5.74, 6) is 5.64. The van der Waals surface area contributed by atoms with E-state index in [1.807, 2.05) is 0 Å². The van der Waals surface area contributed by atoms with Crippen LogP contribution < -0.4 is 5.32 Å². The van der Waals surface area contributed by atoms with Crippen molar-refractivity contribution in [2.45, 2.75) is 58.3 Å². The molecule has 0 aromatic heterocycles. The second kappa shape index (κ2) is 4.23. The summed E-state index contributed by atoms with van der Waals surface area (Å²) in [5, 5.41) is 3.70. The lowest BCUT2D eigenvalue weighted by atomic mass is 9.43. The van der Waals surface area contributed by atoms with E-state index in [0.717, 1.165) is 41.5 Å². The lowest BCUT2D eigenvalue weighted by molar-refractivity contribution is -0.123. The minimum absolute atomic E-state index is 0.735. The summed E-state index contributed by atoms with van der Waals surface area (Å²) in [5.41, 5.74) is 0.735. The van der Waals surface area contributed by atoms with Gasteiger partial charge in [-0.15, -0.1) is 0 Å². The number of hydrogen-bond donors (Lipinski definition) is 1. The number of nitrogens with one attached hydrogen (secondary N) is 1. The van der Waals surface area contributed by atoms with Gasteiger partial charge >= 0.3 is 0 Å². The van der Waals surface area contributed by atoms with Crippen molar-refractivity contribution in [2.75, 3.05) is 13.1 Å².